The van der Waals surface area contributed by atoms with Crippen molar-refractivity contribution in [2.45, 2.75) is 25.7 Å². The van der Waals surface area contributed by atoms with E-state index in [-0.39, 0.29) is 12.5 Å². The van der Waals surface area contributed by atoms with Gasteiger partial charge in [0.2, 0.25) is 5.91 Å². The first-order valence-corrected chi connectivity index (χ1v) is 5.87. The Labute approximate surface area is 102 Å². The van der Waals surface area contributed by atoms with Gasteiger partial charge >= 0.3 is 0 Å². The van der Waals surface area contributed by atoms with E-state index in [2.05, 4.69) is 11.9 Å². The molecule has 0 saturated carbocycles. The predicted molar refractivity (Wildman–Crippen MR) is 69.9 cm³/mol. The van der Waals surface area contributed by atoms with Gasteiger partial charge in [0, 0.05) is 18.7 Å². The standard InChI is InChI=1S/C14H19NO2/c1-2-3-9-14(17)15-13-8-4-6-12(11-13)7-5-10-16/h2,4,6,8,11,16H,1,3,5,7,9-10H2,(H,15,17). The van der Waals surface area contributed by atoms with Crippen LogP contribution in [-0.4, -0.2) is 17.6 Å². The highest BCUT2D eigenvalue weighted by atomic mass is 16.2. The maximum atomic E-state index is 11.5. The van der Waals surface area contributed by atoms with Gasteiger partial charge in [-0.05, 0) is 37.0 Å². The van der Waals surface area contributed by atoms with Crippen LogP contribution in [0.5, 0.6) is 0 Å². The van der Waals surface area contributed by atoms with Crippen LogP contribution < -0.4 is 5.32 Å². The van der Waals surface area contributed by atoms with Crippen LogP contribution in [-0.2, 0) is 11.2 Å². The van der Waals surface area contributed by atoms with Crippen LogP contribution in [0.3, 0.4) is 0 Å². The van der Waals surface area contributed by atoms with Crippen molar-refractivity contribution in [3.05, 3.63) is 42.5 Å². The number of carbonyl (C=O) groups is 1. The first kappa shape index (κ1) is 13.5. The summed E-state index contributed by atoms with van der Waals surface area (Å²) in [6, 6.07) is 7.72. The number of carbonyl (C=O) groups excluding carboxylic acids is 1. The van der Waals surface area contributed by atoms with Crippen molar-refractivity contribution in [2.24, 2.45) is 0 Å². The van der Waals surface area contributed by atoms with Gasteiger partial charge in [-0.1, -0.05) is 18.2 Å². The van der Waals surface area contributed by atoms with Crippen LogP contribution in [0.15, 0.2) is 36.9 Å². The number of benzene rings is 1. The van der Waals surface area contributed by atoms with E-state index in [1.807, 2.05) is 24.3 Å². The van der Waals surface area contributed by atoms with E-state index >= 15 is 0 Å². The van der Waals surface area contributed by atoms with E-state index in [1.54, 1.807) is 6.08 Å². The lowest BCUT2D eigenvalue weighted by Gasteiger charge is -2.06. The van der Waals surface area contributed by atoms with E-state index in [1.165, 1.54) is 0 Å². The summed E-state index contributed by atoms with van der Waals surface area (Å²) in [5, 5.41) is 11.6. The molecule has 0 aliphatic carbocycles. The number of nitrogens with one attached hydrogen (secondary N) is 1. The van der Waals surface area contributed by atoms with Crippen LogP contribution in [0.4, 0.5) is 5.69 Å². The van der Waals surface area contributed by atoms with Gasteiger partial charge in [0.1, 0.15) is 0 Å². The molecule has 0 heterocycles. The van der Waals surface area contributed by atoms with Crippen LogP contribution in [0, 0.1) is 0 Å². The number of hydrogen-bond acceptors (Lipinski definition) is 2. The van der Waals surface area contributed by atoms with Crippen molar-refractivity contribution in [1.29, 1.82) is 0 Å². The predicted octanol–water partition coefficient (Wildman–Crippen LogP) is 2.52. The lowest BCUT2D eigenvalue weighted by molar-refractivity contribution is -0.116. The fourth-order valence-electron chi connectivity index (χ4n) is 1.54. The molecule has 3 nitrogen and oxygen atoms in total. The Morgan fingerprint density at radius 3 is 3.00 bits per heavy atom. The highest BCUT2D eigenvalue weighted by molar-refractivity contribution is 5.90. The Hall–Kier alpha value is -1.61. The molecule has 1 rings (SSSR count). The van der Waals surface area contributed by atoms with Crippen LogP contribution in [0.1, 0.15) is 24.8 Å². The van der Waals surface area contributed by atoms with Crippen LogP contribution in [0.25, 0.3) is 0 Å². The maximum Gasteiger partial charge on any atom is 0.224 e. The number of amides is 1. The number of aryl methyl sites for hydroxylation is 1. The highest BCUT2D eigenvalue weighted by Crippen LogP contribution is 2.12. The van der Waals surface area contributed by atoms with Gasteiger partial charge in [-0.25, -0.2) is 0 Å². The van der Waals surface area contributed by atoms with Gasteiger partial charge in [0.25, 0.3) is 0 Å². The molecule has 0 unspecified atom stereocenters. The second-order valence-corrected chi connectivity index (χ2v) is 3.90. The zero-order valence-corrected chi connectivity index (χ0v) is 9.98. The molecule has 3 heteroatoms. The molecule has 0 saturated heterocycles. The first-order valence-electron chi connectivity index (χ1n) is 5.87. The average molecular weight is 233 g/mol. The van der Waals surface area contributed by atoms with E-state index < -0.39 is 0 Å². The Bertz CT molecular complexity index is 374. The summed E-state index contributed by atoms with van der Waals surface area (Å²) in [6.45, 7) is 3.77. The lowest BCUT2D eigenvalue weighted by atomic mass is 10.1. The molecule has 0 radical (unpaired) electrons. The SMILES string of the molecule is C=CCCC(=O)Nc1cccc(CCCO)c1. The van der Waals surface area contributed by atoms with Gasteiger partial charge < -0.3 is 10.4 Å². The average Bonchev–Trinajstić information content (AvgIpc) is 2.34. The zero-order chi connectivity index (χ0) is 12.5. The molecule has 92 valence electrons. The van der Waals surface area contributed by atoms with E-state index in [4.69, 9.17) is 5.11 Å². The molecule has 0 aromatic heterocycles. The smallest absolute Gasteiger partial charge is 0.224 e. The fraction of sp³-hybridized carbons (Fsp3) is 0.357. The summed E-state index contributed by atoms with van der Waals surface area (Å²) >= 11 is 0. The summed E-state index contributed by atoms with van der Waals surface area (Å²) in [5.41, 5.74) is 1.94. The molecule has 1 aromatic carbocycles. The van der Waals surface area contributed by atoms with Crippen molar-refractivity contribution in [1.82, 2.24) is 0 Å². The highest BCUT2D eigenvalue weighted by Gasteiger charge is 2.01. The number of aliphatic hydroxyl groups is 1. The Balaban J connectivity index is 2.52. The molecule has 0 atom stereocenters. The van der Waals surface area contributed by atoms with Crippen molar-refractivity contribution < 1.29 is 9.90 Å². The Kier molecular flexibility index (Phi) is 6.04. The van der Waals surface area contributed by atoms with E-state index in [9.17, 15) is 4.79 Å². The molecular formula is C14H19NO2. The Morgan fingerprint density at radius 1 is 1.47 bits per heavy atom. The number of allylic oxidation sites excluding steroid dienone is 1. The molecule has 0 bridgehead atoms. The van der Waals surface area contributed by atoms with E-state index in [0.29, 0.717) is 12.8 Å². The topological polar surface area (TPSA) is 49.3 Å². The molecular weight excluding hydrogens is 214 g/mol. The maximum absolute atomic E-state index is 11.5. The van der Waals surface area contributed by atoms with Crippen LogP contribution in [0.2, 0.25) is 0 Å². The third-order valence-corrected chi connectivity index (χ3v) is 2.41. The first-order chi connectivity index (χ1) is 8.26. The number of rotatable bonds is 7. The van der Waals surface area contributed by atoms with Gasteiger partial charge in [-0.15, -0.1) is 6.58 Å². The molecule has 0 fully saturated rings. The largest absolute Gasteiger partial charge is 0.396 e. The van der Waals surface area contributed by atoms with Crippen LogP contribution >= 0.6 is 0 Å². The quantitative estimate of drug-likeness (QED) is 0.711. The third kappa shape index (κ3) is 5.31. The van der Waals surface area contributed by atoms with Gasteiger partial charge in [0.15, 0.2) is 0 Å². The number of aliphatic hydroxyl groups excluding tert-OH is 1. The van der Waals surface area contributed by atoms with E-state index in [0.717, 1.165) is 24.1 Å². The number of anilines is 1. The molecule has 1 amide bonds. The minimum absolute atomic E-state index is 0.00390. The molecule has 0 aliphatic heterocycles. The van der Waals surface area contributed by atoms with Crippen molar-refractivity contribution in [2.75, 3.05) is 11.9 Å². The normalized spacial score (nSPS) is 9.94. The van der Waals surface area contributed by atoms with Crippen molar-refractivity contribution >= 4 is 11.6 Å². The second kappa shape index (κ2) is 7.63. The fourth-order valence-corrected chi connectivity index (χ4v) is 1.54. The second-order valence-electron chi connectivity index (χ2n) is 3.90. The zero-order valence-electron chi connectivity index (χ0n) is 9.98. The molecule has 17 heavy (non-hydrogen) atoms. The Morgan fingerprint density at radius 2 is 2.29 bits per heavy atom. The molecule has 0 aliphatic rings. The number of hydrogen-bond donors (Lipinski definition) is 2. The summed E-state index contributed by atoms with van der Waals surface area (Å²) in [6.07, 6.45) is 4.46. The monoisotopic (exact) mass is 233 g/mol. The lowest BCUT2D eigenvalue weighted by Crippen LogP contribution is -2.10. The van der Waals surface area contributed by atoms with Gasteiger partial charge in [-0.2, -0.15) is 0 Å². The van der Waals surface area contributed by atoms with Crippen molar-refractivity contribution in [3.8, 4) is 0 Å². The summed E-state index contributed by atoms with van der Waals surface area (Å²) in [4.78, 5) is 11.5. The minimum atomic E-state index is 0.00390. The molecule has 0 spiro atoms. The minimum Gasteiger partial charge on any atom is -0.396 e. The molecule has 2 N–H and O–H groups in total. The summed E-state index contributed by atoms with van der Waals surface area (Å²) < 4.78 is 0. The van der Waals surface area contributed by atoms with Gasteiger partial charge in [-0.3, -0.25) is 4.79 Å². The third-order valence-electron chi connectivity index (χ3n) is 2.41. The van der Waals surface area contributed by atoms with Crippen molar-refractivity contribution in [3.63, 3.8) is 0 Å². The van der Waals surface area contributed by atoms with Gasteiger partial charge in [0.05, 0.1) is 0 Å². The summed E-state index contributed by atoms with van der Waals surface area (Å²) in [5.74, 6) is 0.00390. The molecule has 1 aromatic rings. The summed E-state index contributed by atoms with van der Waals surface area (Å²) in [7, 11) is 0.